The molecule has 0 atom stereocenters. The Morgan fingerprint density at radius 3 is 2.89 bits per heavy atom. The van der Waals surface area contributed by atoms with Crippen LogP contribution in [0, 0.1) is 5.41 Å². The average molecular weight is 324 g/mol. The molecule has 1 N–H and O–H groups in total. The zero-order chi connectivity index (χ0) is 13.5. The molecule has 2 heterocycles. The highest BCUT2D eigenvalue weighted by Crippen LogP contribution is 2.49. The van der Waals surface area contributed by atoms with E-state index >= 15 is 0 Å². The first-order chi connectivity index (χ1) is 9.15. The molecule has 2 aromatic rings. The van der Waals surface area contributed by atoms with Gasteiger partial charge in [-0.05, 0) is 40.6 Å². The van der Waals surface area contributed by atoms with E-state index in [-0.39, 0.29) is 0 Å². The Balaban J connectivity index is 1.85. The summed E-state index contributed by atoms with van der Waals surface area (Å²) >= 11 is 3.48. The molecular formula is C13H18BrN5. The van der Waals surface area contributed by atoms with Gasteiger partial charge in [0.2, 0.25) is 0 Å². The third-order valence-electron chi connectivity index (χ3n) is 3.95. The van der Waals surface area contributed by atoms with Gasteiger partial charge in [-0.15, -0.1) is 0 Å². The molecule has 5 nitrogen and oxygen atoms in total. The SMILES string of the molecule is CCCC1(CNc2ncnc3c2c(Br)nn3C)CC1. The minimum absolute atomic E-state index is 0.501. The molecule has 102 valence electrons. The van der Waals surface area contributed by atoms with Crippen LogP contribution >= 0.6 is 15.9 Å². The first-order valence-corrected chi connectivity index (χ1v) is 7.51. The van der Waals surface area contributed by atoms with Gasteiger partial charge in [-0.3, -0.25) is 0 Å². The van der Waals surface area contributed by atoms with Crippen molar-refractivity contribution in [3.63, 3.8) is 0 Å². The monoisotopic (exact) mass is 323 g/mol. The lowest BCUT2D eigenvalue weighted by molar-refractivity contribution is 0.485. The number of aromatic nitrogens is 4. The zero-order valence-electron chi connectivity index (χ0n) is 11.3. The van der Waals surface area contributed by atoms with E-state index in [1.165, 1.54) is 25.7 Å². The maximum atomic E-state index is 4.37. The Morgan fingerprint density at radius 2 is 2.21 bits per heavy atom. The number of fused-ring (bicyclic) bond motifs is 1. The van der Waals surface area contributed by atoms with E-state index < -0.39 is 0 Å². The molecule has 0 aromatic carbocycles. The predicted molar refractivity (Wildman–Crippen MR) is 79.1 cm³/mol. The topological polar surface area (TPSA) is 55.6 Å². The molecule has 0 bridgehead atoms. The fourth-order valence-electron chi connectivity index (χ4n) is 2.67. The number of aryl methyl sites for hydroxylation is 1. The van der Waals surface area contributed by atoms with E-state index in [1.807, 2.05) is 7.05 Å². The summed E-state index contributed by atoms with van der Waals surface area (Å²) in [4.78, 5) is 8.64. The van der Waals surface area contributed by atoms with Crippen LogP contribution in [0.25, 0.3) is 11.0 Å². The maximum Gasteiger partial charge on any atom is 0.164 e. The van der Waals surface area contributed by atoms with Gasteiger partial charge in [-0.1, -0.05) is 13.3 Å². The van der Waals surface area contributed by atoms with Crippen LogP contribution in [-0.2, 0) is 7.05 Å². The Hall–Kier alpha value is -1.17. The van der Waals surface area contributed by atoms with Crippen LogP contribution in [-0.4, -0.2) is 26.3 Å². The summed E-state index contributed by atoms with van der Waals surface area (Å²) in [6, 6.07) is 0. The van der Waals surface area contributed by atoms with E-state index in [0.717, 1.165) is 28.0 Å². The molecule has 0 amide bonds. The molecule has 2 aromatic heterocycles. The van der Waals surface area contributed by atoms with E-state index in [2.05, 4.69) is 43.2 Å². The molecular weight excluding hydrogens is 306 g/mol. The molecule has 1 aliphatic rings. The molecule has 0 radical (unpaired) electrons. The lowest BCUT2D eigenvalue weighted by Crippen LogP contribution is -2.16. The van der Waals surface area contributed by atoms with Crippen molar-refractivity contribution >= 4 is 32.8 Å². The first-order valence-electron chi connectivity index (χ1n) is 6.72. The van der Waals surface area contributed by atoms with Crippen molar-refractivity contribution in [2.75, 3.05) is 11.9 Å². The fraction of sp³-hybridized carbons (Fsp3) is 0.615. The van der Waals surface area contributed by atoms with Crippen molar-refractivity contribution in [2.24, 2.45) is 12.5 Å². The largest absolute Gasteiger partial charge is 0.369 e. The number of anilines is 1. The lowest BCUT2D eigenvalue weighted by atomic mass is 10.0. The van der Waals surface area contributed by atoms with Gasteiger partial charge in [0.05, 0.1) is 5.39 Å². The quantitative estimate of drug-likeness (QED) is 0.918. The highest BCUT2D eigenvalue weighted by molar-refractivity contribution is 9.10. The van der Waals surface area contributed by atoms with Gasteiger partial charge in [-0.2, -0.15) is 5.10 Å². The van der Waals surface area contributed by atoms with E-state index in [4.69, 9.17) is 0 Å². The number of rotatable bonds is 5. The number of nitrogens with one attached hydrogen (secondary N) is 1. The van der Waals surface area contributed by atoms with Gasteiger partial charge in [-0.25, -0.2) is 14.6 Å². The second kappa shape index (κ2) is 4.74. The van der Waals surface area contributed by atoms with Gasteiger partial charge < -0.3 is 5.32 Å². The molecule has 0 spiro atoms. The van der Waals surface area contributed by atoms with Crippen LogP contribution in [0.1, 0.15) is 32.6 Å². The van der Waals surface area contributed by atoms with Crippen LogP contribution < -0.4 is 5.32 Å². The molecule has 19 heavy (non-hydrogen) atoms. The van der Waals surface area contributed by atoms with Gasteiger partial charge >= 0.3 is 0 Å². The molecule has 3 rings (SSSR count). The molecule has 1 fully saturated rings. The fourth-order valence-corrected chi connectivity index (χ4v) is 3.27. The Bertz CT molecular complexity index is 602. The standard InChI is InChI=1S/C13H18BrN5/c1-3-4-13(5-6-13)7-15-11-9-10(14)18-19(2)12(9)17-8-16-11/h8H,3-7H2,1-2H3,(H,15,16,17). The summed E-state index contributed by atoms with van der Waals surface area (Å²) in [7, 11) is 1.89. The summed E-state index contributed by atoms with van der Waals surface area (Å²) in [5, 5.41) is 8.80. The second-order valence-corrected chi connectivity index (χ2v) is 6.19. The van der Waals surface area contributed by atoms with E-state index in [0.29, 0.717) is 5.41 Å². The summed E-state index contributed by atoms with van der Waals surface area (Å²) in [5.41, 5.74) is 1.35. The Labute approximate surface area is 120 Å². The third kappa shape index (κ3) is 2.33. The van der Waals surface area contributed by atoms with Gasteiger partial charge in [0, 0.05) is 13.6 Å². The summed E-state index contributed by atoms with van der Waals surface area (Å²) < 4.78 is 2.57. The lowest BCUT2D eigenvalue weighted by Gasteiger charge is -2.15. The van der Waals surface area contributed by atoms with E-state index in [9.17, 15) is 0 Å². The van der Waals surface area contributed by atoms with Crippen molar-refractivity contribution in [3.05, 3.63) is 10.9 Å². The van der Waals surface area contributed by atoms with Crippen LogP contribution in [0.5, 0.6) is 0 Å². The van der Waals surface area contributed by atoms with Crippen molar-refractivity contribution in [3.8, 4) is 0 Å². The highest BCUT2D eigenvalue weighted by Gasteiger charge is 2.41. The normalized spacial score (nSPS) is 16.8. The molecule has 0 aliphatic heterocycles. The van der Waals surface area contributed by atoms with Gasteiger partial charge in [0.1, 0.15) is 16.7 Å². The van der Waals surface area contributed by atoms with Crippen LogP contribution in [0.3, 0.4) is 0 Å². The second-order valence-electron chi connectivity index (χ2n) is 5.44. The number of halogens is 1. The number of hydrogen-bond acceptors (Lipinski definition) is 4. The average Bonchev–Trinajstić information content (AvgIpc) is 3.10. The highest BCUT2D eigenvalue weighted by atomic mass is 79.9. The summed E-state index contributed by atoms with van der Waals surface area (Å²) in [6.07, 6.45) is 6.80. The van der Waals surface area contributed by atoms with Gasteiger partial charge in [0.25, 0.3) is 0 Å². The Morgan fingerprint density at radius 1 is 1.42 bits per heavy atom. The van der Waals surface area contributed by atoms with Crippen LogP contribution in [0.4, 0.5) is 5.82 Å². The maximum absolute atomic E-state index is 4.37. The van der Waals surface area contributed by atoms with Crippen molar-refractivity contribution in [2.45, 2.75) is 32.6 Å². The van der Waals surface area contributed by atoms with Crippen molar-refractivity contribution < 1.29 is 0 Å². The Kier molecular flexibility index (Phi) is 3.20. The molecule has 0 saturated heterocycles. The molecule has 1 aliphatic carbocycles. The van der Waals surface area contributed by atoms with Crippen LogP contribution in [0.2, 0.25) is 0 Å². The molecule has 6 heteroatoms. The number of hydrogen-bond donors (Lipinski definition) is 1. The predicted octanol–water partition coefficient (Wildman–Crippen LogP) is 3.12. The van der Waals surface area contributed by atoms with Crippen LogP contribution in [0.15, 0.2) is 10.9 Å². The van der Waals surface area contributed by atoms with Gasteiger partial charge in [0.15, 0.2) is 5.65 Å². The molecule has 0 unspecified atom stereocenters. The smallest absolute Gasteiger partial charge is 0.164 e. The van der Waals surface area contributed by atoms with Crippen molar-refractivity contribution in [1.29, 1.82) is 0 Å². The van der Waals surface area contributed by atoms with E-state index in [1.54, 1.807) is 11.0 Å². The summed E-state index contributed by atoms with van der Waals surface area (Å²) in [5.74, 6) is 0.882. The minimum Gasteiger partial charge on any atom is -0.369 e. The zero-order valence-corrected chi connectivity index (χ0v) is 12.9. The minimum atomic E-state index is 0.501. The molecule has 1 saturated carbocycles. The third-order valence-corrected chi connectivity index (χ3v) is 4.50. The summed E-state index contributed by atoms with van der Waals surface area (Å²) in [6.45, 7) is 3.24. The first kappa shape index (κ1) is 12.8. The van der Waals surface area contributed by atoms with Crippen molar-refractivity contribution in [1.82, 2.24) is 19.7 Å². The number of nitrogens with zero attached hydrogens (tertiary/aromatic N) is 4.